The fraction of sp³-hybridized carbons (Fsp3) is 0.235. The second kappa shape index (κ2) is 7.60. The van der Waals surface area contributed by atoms with Crippen molar-refractivity contribution in [3.8, 4) is 0 Å². The van der Waals surface area contributed by atoms with Crippen molar-refractivity contribution in [2.75, 3.05) is 12.4 Å². The smallest absolute Gasteiger partial charge is 0.340 e. The van der Waals surface area contributed by atoms with Crippen LogP contribution < -0.4 is 5.32 Å². The Labute approximate surface area is 148 Å². The molecule has 0 fully saturated rings. The average Bonchev–Trinajstić information content (AvgIpc) is 2.60. The summed E-state index contributed by atoms with van der Waals surface area (Å²) >= 11 is 0. The van der Waals surface area contributed by atoms with Crippen molar-refractivity contribution in [1.82, 2.24) is 0 Å². The third-order valence-electron chi connectivity index (χ3n) is 3.93. The Kier molecular flexibility index (Phi) is 5.51. The molecule has 9 nitrogen and oxygen atoms in total. The van der Waals surface area contributed by atoms with Crippen molar-refractivity contribution in [2.24, 2.45) is 0 Å². The molecule has 0 saturated heterocycles. The monoisotopic (exact) mass is 359 g/mol. The van der Waals surface area contributed by atoms with Crippen molar-refractivity contribution >= 4 is 23.0 Å². The van der Waals surface area contributed by atoms with Gasteiger partial charge in [0.25, 0.3) is 11.4 Å². The number of ether oxygens (including phenoxy) is 1. The Hall–Kier alpha value is -3.49. The molecule has 0 aliphatic carbocycles. The number of non-ortho nitro benzene ring substituents is 1. The summed E-state index contributed by atoms with van der Waals surface area (Å²) in [6.07, 6.45) is 0. The lowest BCUT2D eigenvalue weighted by Crippen LogP contribution is -2.15. The molecule has 1 N–H and O–H groups in total. The molecule has 0 saturated carbocycles. The van der Waals surface area contributed by atoms with Crippen molar-refractivity contribution in [1.29, 1.82) is 0 Å². The number of esters is 1. The van der Waals surface area contributed by atoms with Crippen LogP contribution >= 0.6 is 0 Å². The van der Waals surface area contributed by atoms with Gasteiger partial charge in [-0.3, -0.25) is 20.2 Å². The van der Waals surface area contributed by atoms with Crippen LogP contribution in [0, 0.1) is 27.2 Å². The predicted octanol–water partition coefficient (Wildman–Crippen LogP) is 3.77. The first kappa shape index (κ1) is 18.8. The molecule has 2 aromatic carbocycles. The zero-order valence-electron chi connectivity index (χ0n) is 14.4. The summed E-state index contributed by atoms with van der Waals surface area (Å²) in [5.74, 6) is -0.906. The van der Waals surface area contributed by atoms with Crippen LogP contribution in [0.3, 0.4) is 0 Å². The van der Waals surface area contributed by atoms with Gasteiger partial charge in [0, 0.05) is 12.1 Å². The number of anilines is 1. The normalized spacial score (nSPS) is 11.5. The molecule has 9 heteroatoms. The molecule has 0 bridgehead atoms. The Morgan fingerprint density at radius 1 is 1.15 bits per heavy atom. The number of nitrogens with zero attached hydrogens (tertiary/aromatic N) is 2. The van der Waals surface area contributed by atoms with Gasteiger partial charge in [0.05, 0.1) is 28.6 Å². The number of nitro benzene ring substituents is 2. The lowest BCUT2D eigenvalue weighted by atomic mass is 10.0. The van der Waals surface area contributed by atoms with Crippen LogP contribution in [0.5, 0.6) is 0 Å². The van der Waals surface area contributed by atoms with Crippen LogP contribution in [-0.4, -0.2) is 22.9 Å². The van der Waals surface area contributed by atoms with Gasteiger partial charge in [-0.1, -0.05) is 24.3 Å². The SMILES string of the molecule is COC(=O)c1cc([N+](=O)[O-])cc([N+](=O)[O-])c1N[C@H](C)c1ccccc1C. The minimum atomic E-state index is -0.906. The van der Waals surface area contributed by atoms with Crippen LogP contribution in [-0.2, 0) is 4.74 Å². The van der Waals surface area contributed by atoms with E-state index in [0.29, 0.717) is 0 Å². The van der Waals surface area contributed by atoms with Gasteiger partial charge in [-0.05, 0) is 25.0 Å². The largest absolute Gasteiger partial charge is 0.465 e. The van der Waals surface area contributed by atoms with Gasteiger partial charge in [0.15, 0.2) is 0 Å². The number of carbonyl (C=O) groups excluding carboxylic acids is 1. The Balaban J connectivity index is 2.61. The van der Waals surface area contributed by atoms with Gasteiger partial charge in [-0.25, -0.2) is 4.79 Å². The summed E-state index contributed by atoms with van der Waals surface area (Å²) in [5, 5.41) is 25.4. The number of aryl methyl sites for hydroxylation is 1. The molecular formula is C17H17N3O6. The van der Waals surface area contributed by atoms with E-state index in [1.165, 1.54) is 0 Å². The molecule has 0 unspecified atom stereocenters. The molecule has 0 radical (unpaired) electrons. The zero-order valence-corrected chi connectivity index (χ0v) is 14.4. The van der Waals surface area contributed by atoms with Crippen LogP contribution in [0.15, 0.2) is 36.4 Å². The molecule has 2 rings (SSSR count). The third kappa shape index (κ3) is 3.77. The molecule has 1 atom stereocenters. The lowest BCUT2D eigenvalue weighted by Gasteiger charge is -2.19. The van der Waals surface area contributed by atoms with E-state index in [9.17, 15) is 25.0 Å². The number of hydrogen-bond donors (Lipinski definition) is 1. The number of benzene rings is 2. The second-order valence-corrected chi connectivity index (χ2v) is 5.62. The number of nitrogens with one attached hydrogen (secondary N) is 1. The summed E-state index contributed by atoms with van der Waals surface area (Å²) < 4.78 is 4.63. The van der Waals surface area contributed by atoms with E-state index in [-0.39, 0.29) is 17.3 Å². The van der Waals surface area contributed by atoms with Crippen molar-refractivity contribution in [3.63, 3.8) is 0 Å². The molecule has 0 amide bonds. The highest BCUT2D eigenvalue weighted by Gasteiger charge is 2.29. The topological polar surface area (TPSA) is 125 Å². The highest BCUT2D eigenvalue weighted by atomic mass is 16.6. The first-order chi connectivity index (χ1) is 12.3. The highest BCUT2D eigenvalue weighted by Crippen LogP contribution is 2.36. The standard InChI is InChI=1S/C17H17N3O6/c1-10-6-4-5-7-13(10)11(2)18-16-14(17(21)26-3)8-12(19(22)23)9-15(16)20(24)25/h4-9,11,18H,1-3H3/t11-/m1/s1. The van der Waals surface area contributed by atoms with E-state index in [0.717, 1.165) is 30.4 Å². The summed E-state index contributed by atoms with van der Waals surface area (Å²) in [6.45, 7) is 3.66. The maximum absolute atomic E-state index is 12.1. The maximum atomic E-state index is 12.1. The van der Waals surface area contributed by atoms with Crippen LogP contribution in [0.4, 0.5) is 17.1 Å². The second-order valence-electron chi connectivity index (χ2n) is 5.62. The minimum Gasteiger partial charge on any atom is -0.465 e. The van der Waals surface area contributed by atoms with Crippen molar-refractivity contribution < 1.29 is 19.4 Å². The summed E-state index contributed by atoms with van der Waals surface area (Å²) in [4.78, 5) is 33.0. The summed E-state index contributed by atoms with van der Waals surface area (Å²) in [7, 11) is 1.10. The van der Waals surface area contributed by atoms with Crippen molar-refractivity contribution in [2.45, 2.75) is 19.9 Å². The fourth-order valence-electron chi connectivity index (χ4n) is 2.65. The van der Waals surface area contributed by atoms with Crippen molar-refractivity contribution in [3.05, 3.63) is 73.3 Å². The molecule has 0 aliphatic heterocycles. The number of nitro groups is 2. The summed E-state index contributed by atoms with van der Waals surface area (Å²) in [6, 6.07) is 8.82. The van der Waals surface area contributed by atoms with E-state index in [2.05, 4.69) is 10.1 Å². The van der Waals surface area contributed by atoms with E-state index < -0.39 is 27.2 Å². The maximum Gasteiger partial charge on any atom is 0.340 e. The third-order valence-corrected chi connectivity index (χ3v) is 3.93. The van der Waals surface area contributed by atoms with E-state index >= 15 is 0 Å². The van der Waals surface area contributed by atoms with Gasteiger partial charge in [-0.2, -0.15) is 0 Å². The first-order valence-corrected chi connectivity index (χ1v) is 7.63. The minimum absolute atomic E-state index is 0.122. The van der Waals surface area contributed by atoms with Gasteiger partial charge >= 0.3 is 5.97 Å². The van der Waals surface area contributed by atoms with Crippen LogP contribution in [0.1, 0.15) is 34.5 Å². The zero-order chi connectivity index (χ0) is 19.4. The van der Waals surface area contributed by atoms with Gasteiger partial charge in [0.1, 0.15) is 5.69 Å². The number of rotatable bonds is 6. The molecule has 0 heterocycles. The Morgan fingerprint density at radius 3 is 2.35 bits per heavy atom. The number of methoxy groups -OCH3 is 1. The number of carbonyl (C=O) groups is 1. The first-order valence-electron chi connectivity index (χ1n) is 7.63. The van der Waals surface area contributed by atoms with E-state index in [1.807, 2.05) is 31.2 Å². The fourth-order valence-corrected chi connectivity index (χ4v) is 2.65. The Bertz CT molecular complexity index is 881. The highest BCUT2D eigenvalue weighted by molar-refractivity contribution is 5.99. The molecule has 0 aliphatic rings. The van der Waals surface area contributed by atoms with Crippen LogP contribution in [0.25, 0.3) is 0 Å². The van der Waals surface area contributed by atoms with E-state index in [4.69, 9.17) is 0 Å². The average molecular weight is 359 g/mol. The molecule has 26 heavy (non-hydrogen) atoms. The quantitative estimate of drug-likeness (QED) is 0.473. The van der Waals surface area contributed by atoms with Gasteiger partial charge in [0.2, 0.25) is 0 Å². The van der Waals surface area contributed by atoms with Gasteiger partial charge < -0.3 is 10.1 Å². The molecule has 2 aromatic rings. The molecule has 0 spiro atoms. The summed E-state index contributed by atoms with van der Waals surface area (Å²) in [5.41, 5.74) is 0.302. The van der Waals surface area contributed by atoms with E-state index in [1.54, 1.807) is 6.92 Å². The Morgan fingerprint density at radius 2 is 1.81 bits per heavy atom. The molecular weight excluding hydrogens is 342 g/mol. The van der Waals surface area contributed by atoms with Crippen LogP contribution in [0.2, 0.25) is 0 Å². The number of hydrogen-bond acceptors (Lipinski definition) is 7. The predicted molar refractivity (Wildman–Crippen MR) is 94.3 cm³/mol. The molecule has 136 valence electrons. The van der Waals surface area contributed by atoms with Gasteiger partial charge in [-0.15, -0.1) is 0 Å². The lowest BCUT2D eigenvalue weighted by molar-refractivity contribution is -0.393. The molecule has 0 aromatic heterocycles.